The Bertz CT molecular complexity index is 425. The third kappa shape index (κ3) is 3.24. The molecule has 16 heavy (non-hydrogen) atoms. The van der Waals surface area contributed by atoms with Crippen LogP contribution < -0.4 is 0 Å². The summed E-state index contributed by atoms with van der Waals surface area (Å²) in [5, 5.41) is 19.9. The van der Waals surface area contributed by atoms with E-state index in [0.717, 1.165) is 0 Å². The van der Waals surface area contributed by atoms with Crippen LogP contribution in [0.1, 0.15) is 0 Å². The van der Waals surface area contributed by atoms with Gasteiger partial charge in [0.25, 0.3) is 5.69 Å². The van der Waals surface area contributed by atoms with Crippen LogP contribution in [0.25, 0.3) is 0 Å². The second-order valence-corrected chi connectivity index (χ2v) is 4.76. The molecule has 0 aliphatic heterocycles. The molecule has 0 N–H and O–H groups in total. The highest BCUT2D eigenvalue weighted by Crippen LogP contribution is 2.37. The van der Waals surface area contributed by atoms with Gasteiger partial charge in [-0.3, -0.25) is 15.1 Å². The number of nitro benzene ring substituents is 1. The Morgan fingerprint density at radius 2 is 1.81 bits per heavy atom. The van der Waals surface area contributed by atoms with E-state index < -0.39 is 4.92 Å². The van der Waals surface area contributed by atoms with Crippen LogP contribution in [0.5, 0.6) is 0 Å². The standard InChI is InChI=1S/C8H8Br2N4O2/c1-13(2)12-11-8-6(9)3-5(14(15)16)4-7(8)10/h3-4H,1-2H3. The molecule has 0 spiro atoms. The highest BCUT2D eigenvalue weighted by Gasteiger charge is 2.13. The zero-order valence-corrected chi connectivity index (χ0v) is 11.7. The van der Waals surface area contributed by atoms with Gasteiger partial charge in [-0.25, -0.2) is 0 Å². The zero-order valence-electron chi connectivity index (χ0n) is 8.52. The molecule has 0 bridgehead atoms. The molecule has 0 aliphatic carbocycles. The van der Waals surface area contributed by atoms with E-state index in [0.29, 0.717) is 14.6 Å². The lowest BCUT2D eigenvalue weighted by Crippen LogP contribution is -1.99. The second kappa shape index (κ2) is 5.35. The largest absolute Gasteiger partial charge is 0.285 e. The average Bonchev–Trinajstić information content (AvgIpc) is 2.15. The van der Waals surface area contributed by atoms with Crippen molar-refractivity contribution in [3.05, 3.63) is 31.2 Å². The molecule has 0 atom stereocenters. The third-order valence-corrected chi connectivity index (χ3v) is 2.75. The van der Waals surface area contributed by atoms with Gasteiger partial charge in [0, 0.05) is 26.2 Å². The zero-order chi connectivity index (χ0) is 12.3. The Morgan fingerprint density at radius 1 is 1.31 bits per heavy atom. The van der Waals surface area contributed by atoms with E-state index in [1.54, 1.807) is 14.1 Å². The summed E-state index contributed by atoms with van der Waals surface area (Å²) in [7, 11) is 3.47. The molecule has 1 aromatic carbocycles. The van der Waals surface area contributed by atoms with Crippen molar-refractivity contribution >= 4 is 43.2 Å². The molecule has 1 rings (SSSR count). The lowest BCUT2D eigenvalue weighted by molar-refractivity contribution is -0.385. The minimum absolute atomic E-state index is 0.0115. The van der Waals surface area contributed by atoms with E-state index in [2.05, 4.69) is 42.2 Å². The van der Waals surface area contributed by atoms with Crippen molar-refractivity contribution < 1.29 is 4.92 Å². The SMILES string of the molecule is CN(C)N=Nc1c(Br)cc([N+](=O)[O-])cc1Br. The van der Waals surface area contributed by atoms with Crippen LogP contribution in [0.3, 0.4) is 0 Å². The molecular formula is C8H8Br2N4O2. The summed E-state index contributed by atoms with van der Waals surface area (Å²) >= 11 is 6.42. The fourth-order valence-electron chi connectivity index (χ4n) is 0.887. The number of rotatable bonds is 3. The summed E-state index contributed by atoms with van der Waals surface area (Å²) in [6.07, 6.45) is 0. The van der Waals surface area contributed by atoms with Gasteiger partial charge < -0.3 is 0 Å². The van der Waals surface area contributed by atoms with Crippen LogP contribution in [0.4, 0.5) is 11.4 Å². The van der Waals surface area contributed by atoms with Crippen molar-refractivity contribution in [2.24, 2.45) is 10.3 Å². The average molecular weight is 352 g/mol. The number of halogens is 2. The maximum absolute atomic E-state index is 10.6. The first-order valence-electron chi connectivity index (χ1n) is 4.14. The molecule has 0 saturated heterocycles. The van der Waals surface area contributed by atoms with Gasteiger partial charge in [-0.2, -0.15) is 0 Å². The van der Waals surface area contributed by atoms with E-state index >= 15 is 0 Å². The van der Waals surface area contributed by atoms with E-state index in [1.807, 2.05) is 0 Å². The summed E-state index contributed by atoms with van der Waals surface area (Å²) in [5.74, 6) is 0. The Morgan fingerprint density at radius 3 is 2.19 bits per heavy atom. The molecule has 0 heterocycles. The molecule has 0 fully saturated rings. The van der Waals surface area contributed by atoms with Crippen molar-refractivity contribution in [1.82, 2.24) is 5.01 Å². The Hall–Kier alpha value is -1.02. The Balaban J connectivity index is 3.18. The summed E-state index contributed by atoms with van der Waals surface area (Å²) in [4.78, 5) is 10.1. The predicted octanol–water partition coefficient (Wildman–Crippen LogP) is 3.68. The first-order valence-corrected chi connectivity index (χ1v) is 5.73. The van der Waals surface area contributed by atoms with Crippen molar-refractivity contribution in [3.63, 3.8) is 0 Å². The number of nitro groups is 1. The molecular weight excluding hydrogens is 344 g/mol. The van der Waals surface area contributed by atoms with Crippen LogP contribution in [-0.2, 0) is 0 Å². The highest BCUT2D eigenvalue weighted by molar-refractivity contribution is 9.11. The van der Waals surface area contributed by atoms with Gasteiger partial charge in [-0.05, 0) is 31.9 Å². The van der Waals surface area contributed by atoms with Gasteiger partial charge >= 0.3 is 0 Å². The molecule has 0 unspecified atom stereocenters. The quantitative estimate of drug-likeness (QED) is 0.473. The molecule has 1 aromatic rings. The molecule has 8 heteroatoms. The maximum Gasteiger partial charge on any atom is 0.271 e. The van der Waals surface area contributed by atoms with E-state index in [-0.39, 0.29) is 5.69 Å². The maximum atomic E-state index is 10.6. The van der Waals surface area contributed by atoms with Gasteiger partial charge in [0.1, 0.15) is 5.69 Å². The summed E-state index contributed by atoms with van der Waals surface area (Å²) < 4.78 is 1.03. The van der Waals surface area contributed by atoms with Gasteiger partial charge in [-0.15, -0.1) is 5.11 Å². The molecule has 0 amide bonds. The molecule has 0 aliphatic rings. The topological polar surface area (TPSA) is 71.1 Å². The number of nitrogens with zero attached hydrogens (tertiary/aromatic N) is 4. The minimum Gasteiger partial charge on any atom is -0.285 e. The van der Waals surface area contributed by atoms with E-state index in [9.17, 15) is 10.1 Å². The second-order valence-electron chi connectivity index (χ2n) is 3.05. The van der Waals surface area contributed by atoms with Crippen molar-refractivity contribution in [2.75, 3.05) is 14.1 Å². The Labute approximate surface area is 109 Å². The first-order chi connectivity index (χ1) is 7.41. The number of hydrogen-bond donors (Lipinski definition) is 0. The van der Waals surface area contributed by atoms with Gasteiger partial charge in [0.2, 0.25) is 0 Å². The van der Waals surface area contributed by atoms with Gasteiger partial charge in [-0.1, -0.05) is 5.22 Å². The van der Waals surface area contributed by atoms with Crippen LogP contribution in [-0.4, -0.2) is 24.0 Å². The first kappa shape index (κ1) is 13.0. The van der Waals surface area contributed by atoms with Crippen LogP contribution in [0.15, 0.2) is 31.4 Å². The fraction of sp³-hybridized carbons (Fsp3) is 0.250. The van der Waals surface area contributed by atoms with Crippen LogP contribution >= 0.6 is 31.9 Å². The number of non-ortho nitro benzene ring substituents is 1. The van der Waals surface area contributed by atoms with Gasteiger partial charge in [0.15, 0.2) is 0 Å². The summed E-state index contributed by atoms with van der Waals surface area (Å²) in [6, 6.07) is 2.77. The molecule has 0 saturated carbocycles. The van der Waals surface area contributed by atoms with Crippen LogP contribution in [0.2, 0.25) is 0 Å². The van der Waals surface area contributed by atoms with Crippen LogP contribution in [0, 0.1) is 10.1 Å². The molecule has 0 aromatic heterocycles. The van der Waals surface area contributed by atoms with Crippen molar-refractivity contribution in [2.45, 2.75) is 0 Å². The number of benzene rings is 1. The third-order valence-electron chi connectivity index (χ3n) is 1.54. The monoisotopic (exact) mass is 350 g/mol. The number of hydrogen-bond acceptors (Lipinski definition) is 4. The minimum atomic E-state index is -0.470. The van der Waals surface area contributed by atoms with E-state index in [1.165, 1.54) is 17.1 Å². The summed E-state index contributed by atoms with van der Waals surface area (Å²) in [5.41, 5.74) is 0.502. The molecule has 0 radical (unpaired) electrons. The lowest BCUT2D eigenvalue weighted by atomic mass is 10.3. The lowest BCUT2D eigenvalue weighted by Gasteiger charge is -2.03. The van der Waals surface area contributed by atoms with Crippen molar-refractivity contribution in [3.8, 4) is 0 Å². The fourth-order valence-corrected chi connectivity index (χ4v) is 2.21. The summed E-state index contributed by atoms with van der Waals surface area (Å²) in [6.45, 7) is 0. The van der Waals surface area contributed by atoms with E-state index in [4.69, 9.17) is 0 Å². The van der Waals surface area contributed by atoms with Crippen molar-refractivity contribution in [1.29, 1.82) is 0 Å². The highest BCUT2D eigenvalue weighted by atomic mass is 79.9. The predicted molar refractivity (Wildman–Crippen MR) is 66.7 cm³/mol. The Kier molecular flexibility index (Phi) is 4.36. The normalized spacial score (nSPS) is 10.8. The van der Waals surface area contributed by atoms with Gasteiger partial charge in [0.05, 0.1) is 13.9 Å². The smallest absolute Gasteiger partial charge is 0.271 e. The molecule has 6 nitrogen and oxygen atoms in total. The molecule has 86 valence electrons.